The van der Waals surface area contributed by atoms with Crippen molar-refractivity contribution in [2.75, 3.05) is 44.9 Å². The highest BCUT2D eigenvalue weighted by Gasteiger charge is 2.44. The lowest BCUT2D eigenvalue weighted by atomic mass is 10.1. The molecule has 0 aromatic rings. The summed E-state index contributed by atoms with van der Waals surface area (Å²) in [4.78, 5) is 93.1. The standard InChI is InChI=1S/C30H49N7O11S/c1-16(40)23(35-25(42)18(9-13-49-2)32-24(41)17-6-3-10-31-17)27(44)33-19(14-38)28(45)37-12-5-8-22(37)29(46)36-11-4-7-21(36)26(43)34-20(15-39)30(47)48/h16-23,31,38-40H,3-15H2,1-2H3,(H,32,41)(H,33,44)(H,34,43)(H,35,42)(H,47,48)/t16-,17+,18+,19+,20+,21+,22+,23+/m1/s1. The van der Waals surface area contributed by atoms with E-state index >= 15 is 0 Å². The fraction of sp³-hybridized carbons (Fsp3) is 0.767. The summed E-state index contributed by atoms with van der Waals surface area (Å²) in [5, 5.41) is 51.8. The molecule has 0 aromatic heterocycles. The van der Waals surface area contributed by atoms with Crippen LogP contribution < -0.4 is 26.6 Å². The Morgan fingerprint density at radius 3 is 2.00 bits per heavy atom. The van der Waals surface area contributed by atoms with Crippen LogP contribution in [0.1, 0.15) is 51.9 Å². The molecule has 3 saturated heterocycles. The van der Waals surface area contributed by atoms with Crippen molar-refractivity contribution in [1.29, 1.82) is 0 Å². The quantitative estimate of drug-likeness (QED) is 0.0694. The molecule has 9 N–H and O–H groups in total. The second-order valence-electron chi connectivity index (χ2n) is 12.4. The Hall–Kier alpha value is -3.52. The largest absolute Gasteiger partial charge is 0.480 e. The van der Waals surface area contributed by atoms with E-state index in [1.807, 2.05) is 6.26 Å². The number of nitrogens with one attached hydrogen (secondary N) is 5. The Morgan fingerprint density at radius 1 is 0.796 bits per heavy atom. The predicted octanol–water partition coefficient (Wildman–Crippen LogP) is -4.14. The maximum Gasteiger partial charge on any atom is 0.328 e. The number of hydrogen-bond acceptors (Lipinski definition) is 12. The van der Waals surface area contributed by atoms with Crippen molar-refractivity contribution in [3.8, 4) is 0 Å². The van der Waals surface area contributed by atoms with E-state index in [9.17, 15) is 54.0 Å². The molecule has 18 nitrogen and oxygen atoms in total. The molecule has 8 atom stereocenters. The number of carboxylic acids is 1. The molecule has 6 amide bonds. The Bertz CT molecular complexity index is 1220. The van der Waals surface area contributed by atoms with Crippen LogP contribution in [0.15, 0.2) is 0 Å². The van der Waals surface area contributed by atoms with Crippen molar-refractivity contribution in [2.24, 2.45) is 0 Å². The number of thioether (sulfide) groups is 1. The zero-order valence-corrected chi connectivity index (χ0v) is 28.6. The zero-order valence-electron chi connectivity index (χ0n) is 27.8. The van der Waals surface area contributed by atoms with Gasteiger partial charge in [0.2, 0.25) is 35.4 Å². The lowest BCUT2D eigenvalue weighted by molar-refractivity contribution is -0.149. The van der Waals surface area contributed by atoms with Crippen LogP contribution in [-0.2, 0) is 33.6 Å². The number of nitrogens with zero attached hydrogens (tertiary/aromatic N) is 2. The molecular weight excluding hydrogens is 666 g/mol. The van der Waals surface area contributed by atoms with Crippen LogP contribution in [0.25, 0.3) is 0 Å². The van der Waals surface area contributed by atoms with Crippen LogP contribution >= 0.6 is 11.8 Å². The third-order valence-electron chi connectivity index (χ3n) is 8.94. The van der Waals surface area contributed by atoms with E-state index < -0.39 is 97.1 Å². The van der Waals surface area contributed by atoms with Crippen LogP contribution in [0.3, 0.4) is 0 Å². The first kappa shape index (κ1) is 39.9. The molecule has 0 unspecified atom stereocenters. The summed E-state index contributed by atoms with van der Waals surface area (Å²) < 4.78 is 0. The van der Waals surface area contributed by atoms with E-state index in [0.29, 0.717) is 31.6 Å². The number of aliphatic hydroxyl groups excluding tert-OH is 3. The number of aliphatic carboxylic acids is 1. The van der Waals surface area contributed by atoms with E-state index in [-0.39, 0.29) is 38.3 Å². The van der Waals surface area contributed by atoms with Crippen molar-refractivity contribution >= 4 is 53.2 Å². The molecule has 19 heteroatoms. The average molecular weight is 716 g/mol. The van der Waals surface area contributed by atoms with Gasteiger partial charge in [0.15, 0.2) is 0 Å². The summed E-state index contributed by atoms with van der Waals surface area (Å²) in [6.45, 7) is 0.523. The molecule has 3 aliphatic rings. The first-order valence-corrected chi connectivity index (χ1v) is 17.9. The third kappa shape index (κ3) is 10.5. The number of carbonyl (C=O) groups excluding carboxylic acids is 6. The summed E-state index contributed by atoms with van der Waals surface area (Å²) in [6, 6.07) is -8.13. The highest BCUT2D eigenvalue weighted by molar-refractivity contribution is 7.98. The maximum atomic E-state index is 13.6. The second-order valence-corrected chi connectivity index (χ2v) is 13.4. The van der Waals surface area contributed by atoms with Gasteiger partial charge in [-0.05, 0) is 70.4 Å². The van der Waals surface area contributed by atoms with Crippen molar-refractivity contribution in [3.63, 3.8) is 0 Å². The van der Waals surface area contributed by atoms with Crippen molar-refractivity contribution < 1.29 is 54.0 Å². The summed E-state index contributed by atoms with van der Waals surface area (Å²) in [5.41, 5.74) is 0. The molecule has 0 spiro atoms. The number of hydrogen-bond donors (Lipinski definition) is 9. The van der Waals surface area contributed by atoms with E-state index in [4.69, 9.17) is 0 Å². The lowest BCUT2D eigenvalue weighted by Gasteiger charge is -2.33. The maximum absolute atomic E-state index is 13.6. The summed E-state index contributed by atoms with van der Waals surface area (Å²) in [6.07, 6.45) is 3.44. The summed E-state index contributed by atoms with van der Waals surface area (Å²) in [5.74, 6) is -5.05. The summed E-state index contributed by atoms with van der Waals surface area (Å²) in [7, 11) is 0. The molecule has 3 fully saturated rings. The molecule has 0 radical (unpaired) electrons. The second kappa shape index (κ2) is 19.0. The summed E-state index contributed by atoms with van der Waals surface area (Å²) >= 11 is 1.46. The molecule has 3 rings (SSSR count). The number of aliphatic hydroxyl groups is 3. The topological polar surface area (TPSA) is 267 Å². The average Bonchev–Trinajstić information content (AvgIpc) is 3.88. The number of carbonyl (C=O) groups is 7. The molecule has 3 heterocycles. The lowest BCUT2D eigenvalue weighted by Crippen LogP contribution is -2.62. The Morgan fingerprint density at radius 2 is 1.43 bits per heavy atom. The number of rotatable bonds is 17. The highest BCUT2D eigenvalue weighted by Crippen LogP contribution is 2.26. The molecule has 0 aliphatic carbocycles. The normalized spacial score (nSPS) is 23.6. The fourth-order valence-electron chi connectivity index (χ4n) is 6.23. The van der Waals surface area contributed by atoms with Crippen molar-refractivity contribution in [2.45, 2.75) is 100 Å². The molecule has 276 valence electrons. The Kier molecular flexibility index (Phi) is 15.5. The smallest absolute Gasteiger partial charge is 0.328 e. The van der Waals surface area contributed by atoms with Gasteiger partial charge in [-0.25, -0.2) is 4.79 Å². The van der Waals surface area contributed by atoms with E-state index in [2.05, 4.69) is 26.6 Å². The molecule has 0 bridgehead atoms. The van der Waals surface area contributed by atoms with Gasteiger partial charge in [0.1, 0.15) is 36.3 Å². The van der Waals surface area contributed by atoms with Gasteiger partial charge in [-0.15, -0.1) is 0 Å². The van der Waals surface area contributed by atoms with E-state index in [1.165, 1.54) is 28.5 Å². The van der Waals surface area contributed by atoms with Crippen molar-refractivity contribution in [3.05, 3.63) is 0 Å². The molecule has 49 heavy (non-hydrogen) atoms. The van der Waals surface area contributed by atoms with Gasteiger partial charge in [-0.1, -0.05) is 0 Å². The Labute approximate surface area is 288 Å². The van der Waals surface area contributed by atoms with Crippen LogP contribution in [0.5, 0.6) is 0 Å². The van der Waals surface area contributed by atoms with Gasteiger partial charge >= 0.3 is 5.97 Å². The van der Waals surface area contributed by atoms with Crippen LogP contribution in [0.2, 0.25) is 0 Å². The minimum absolute atomic E-state index is 0.112. The van der Waals surface area contributed by atoms with Crippen LogP contribution in [0.4, 0.5) is 0 Å². The zero-order chi connectivity index (χ0) is 36.2. The molecular formula is C30H49N7O11S. The molecule has 3 aliphatic heterocycles. The Balaban J connectivity index is 1.67. The van der Waals surface area contributed by atoms with Crippen LogP contribution in [0, 0.1) is 0 Å². The van der Waals surface area contributed by atoms with Crippen molar-refractivity contribution in [1.82, 2.24) is 36.4 Å². The van der Waals surface area contributed by atoms with Crippen LogP contribution in [-0.4, -0.2) is 165 Å². The molecule has 0 aromatic carbocycles. The van der Waals surface area contributed by atoms with Gasteiger partial charge in [-0.2, -0.15) is 11.8 Å². The number of carboxylic acid groups (broad SMARTS) is 1. The highest BCUT2D eigenvalue weighted by atomic mass is 32.2. The van der Waals surface area contributed by atoms with Gasteiger partial charge in [-0.3, -0.25) is 28.8 Å². The monoisotopic (exact) mass is 715 g/mol. The third-order valence-corrected chi connectivity index (χ3v) is 9.58. The first-order chi connectivity index (χ1) is 23.3. The number of likely N-dealkylation sites (tertiary alicyclic amines) is 2. The SMILES string of the molecule is CSCC[C@H](NC(=O)[C@@H]1CCCN1)C(=O)N[C@H](C(=O)N[C@@H](CO)C(=O)N1CCC[C@H]1C(=O)N1CCC[C@H]1C(=O)N[C@@H](CO)C(=O)O)[C@@H](C)O. The van der Waals surface area contributed by atoms with E-state index in [0.717, 1.165) is 6.42 Å². The first-order valence-electron chi connectivity index (χ1n) is 16.5. The predicted molar refractivity (Wildman–Crippen MR) is 175 cm³/mol. The number of amides is 6. The van der Waals surface area contributed by atoms with E-state index in [1.54, 1.807) is 0 Å². The van der Waals surface area contributed by atoms with Gasteiger partial charge in [0.05, 0.1) is 25.4 Å². The minimum Gasteiger partial charge on any atom is -0.480 e. The molecule has 0 saturated carbocycles. The fourth-order valence-corrected chi connectivity index (χ4v) is 6.70. The van der Waals surface area contributed by atoms with Gasteiger partial charge in [0, 0.05) is 13.1 Å². The van der Waals surface area contributed by atoms with Gasteiger partial charge < -0.3 is 56.8 Å². The van der Waals surface area contributed by atoms with Gasteiger partial charge in [0.25, 0.3) is 0 Å². The minimum atomic E-state index is -1.55.